The molecule has 0 fully saturated rings. The number of esters is 1. The highest BCUT2D eigenvalue weighted by Crippen LogP contribution is 2.36. The highest BCUT2D eigenvalue weighted by molar-refractivity contribution is 7.21. The Bertz CT molecular complexity index is 632. The molecule has 0 atom stereocenters. The van der Waals surface area contributed by atoms with Gasteiger partial charge in [0.15, 0.2) is 0 Å². The Morgan fingerprint density at radius 2 is 2.32 bits per heavy atom. The third-order valence-electron chi connectivity index (χ3n) is 3.55. The Hall–Kier alpha value is -1.39. The molecule has 2 heterocycles. The molecule has 19 heavy (non-hydrogen) atoms. The van der Waals surface area contributed by atoms with Gasteiger partial charge in [-0.15, -0.1) is 11.3 Å². The largest absolute Gasteiger partial charge is 0.462 e. The second kappa shape index (κ2) is 4.94. The number of benzene rings is 1. The molecule has 1 aliphatic heterocycles. The van der Waals surface area contributed by atoms with Gasteiger partial charge in [0.2, 0.25) is 0 Å². The van der Waals surface area contributed by atoms with E-state index in [1.54, 1.807) is 11.3 Å². The summed E-state index contributed by atoms with van der Waals surface area (Å²) < 4.78 is 6.39. The first kappa shape index (κ1) is 12.6. The summed E-state index contributed by atoms with van der Waals surface area (Å²) in [5, 5.41) is 1.28. The van der Waals surface area contributed by atoms with Crippen LogP contribution in [0.5, 0.6) is 0 Å². The van der Waals surface area contributed by atoms with Gasteiger partial charge in [-0.2, -0.15) is 0 Å². The maximum atomic E-state index is 12.1. The van der Waals surface area contributed by atoms with Crippen LogP contribution in [0, 0.1) is 0 Å². The zero-order valence-corrected chi connectivity index (χ0v) is 12.0. The van der Waals surface area contributed by atoms with Gasteiger partial charge >= 0.3 is 5.97 Å². The van der Waals surface area contributed by atoms with Crippen LogP contribution in [0.15, 0.2) is 18.2 Å². The van der Waals surface area contributed by atoms with Crippen LogP contribution in [-0.4, -0.2) is 31.1 Å². The fraction of sp³-hybridized carbons (Fsp3) is 0.400. The number of thiophene rings is 1. The third kappa shape index (κ3) is 2.15. The fourth-order valence-corrected chi connectivity index (χ4v) is 3.83. The topological polar surface area (TPSA) is 29.5 Å². The monoisotopic (exact) mass is 275 g/mol. The molecule has 3 rings (SSSR count). The van der Waals surface area contributed by atoms with Crippen molar-refractivity contribution in [1.29, 1.82) is 0 Å². The lowest BCUT2D eigenvalue weighted by atomic mass is 10.0. The molecule has 0 N–H and O–H groups in total. The summed E-state index contributed by atoms with van der Waals surface area (Å²) in [6.45, 7) is 4.13. The van der Waals surface area contributed by atoms with Crippen molar-refractivity contribution >= 4 is 27.4 Å². The second-order valence-electron chi connectivity index (χ2n) is 4.91. The van der Waals surface area contributed by atoms with Crippen LogP contribution in [-0.2, 0) is 17.7 Å². The Morgan fingerprint density at radius 3 is 3.11 bits per heavy atom. The van der Waals surface area contributed by atoms with Crippen LogP contribution in [0.2, 0.25) is 0 Å². The van der Waals surface area contributed by atoms with E-state index in [4.69, 9.17) is 4.74 Å². The molecule has 3 nitrogen and oxygen atoms in total. The van der Waals surface area contributed by atoms with E-state index >= 15 is 0 Å². The summed E-state index contributed by atoms with van der Waals surface area (Å²) in [5.74, 6) is -0.181. The summed E-state index contributed by atoms with van der Waals surface area (Å²) in [7, 11) is 2.10. The van der Waals surface area contributed by atoms with Crippen LogP contribution in [0.3, 0.4) is 0 Å². The van der Waals surface area contributed by atoms with Crippen molar-refractivity contribution in [2.75, 3.05) is 20.2 Å². The quantitative estimate of drug-likeness (QED) is 0.789. The van der Waals surface area contributed by atoms with Crippen LogP contribution < -0.4 is 0 Å². The van der Waals surface area contributed by atoms with Gasteiger partial charge in [-0.25, -0.2) is 4.79 Å². The van der Waals surface area contributed by atoms with E-state index in [1.807, 2.05) is 6.92 Å². The fourth-order valence-electron chi connectivity index (χ4n) is 2.67. The van der Waals surface area contributed by atoms with Gasteiger partial charge in [0.25, 0.3) is 0 Å². The Balaban J connectivity index is 2.21. The molecule has 0 saturated carbocycles. The van der Waals surface area contributed by atoms with E-state index in [2.05, 4.69) is 30.1 Å². The number of nitrogens with zero attached hydrogens (tertiary/aromatic N) is 1. The number of carbonyl (C=O) groups excluding carboxylic acids is 1. The molecular weight excluding hydrogens is 258 g/mol. The Labute approximate surface area is 116 Å². The first-order valence-corrected chi connectivity index (χ1v) is 7.41. The normalized spacial score (nSPS) is 15.5. The van der Waals surface area contributed by atoms with Gasteiger partial charge in [-0.3, -0.25) is 0 Å². The summed E-state index contributed by atoms with van der Waals surface area (Å²) in [6.07, 6.45) is 1.04. The minimum atomic E-state index is -0.181. The molecule has 100 valence electrons. The van der Waals surface area contributed by atoms with Gasteiger partial charge in [0, 0.05) is 23.2 Å². The molecule has 0 aliphatic carbocycles. The molecule has 0 unspecified atom stereocenters. The van der Waals surface area contributed by atoms with E-state index in [-0.39, 0.29) is 5.97 Å². The molecular formula is C15H17NO2S. The molecule has 2 aromatic rings. The van der Waals surface area contributed by atoms with Crippen molar-refractivity contribution in [2.45, 2.75) is 19.9 Å². The summed E-state index contributed by atoms with van der Waals surface area (Å²) in [4.78, 5) is 15.2. The van der Waals surface area contributed by atoms with Crippen molar-refractivity contribution in [3.05, 3.63) is 34.2 Å². The number of ether oxygens (including phenoxy) is 1. The summed E-state index contributed by atoms with van der Waals surface area (Å²) in [5.41, 5.74) is 2.50. The first-order chi connectivity index (χ1) is 9.20. The lowest BCUT2D eigenvalue weighted by Gasteiger charge is -2.13. The maximum absolute atomic E-state index is 12.1. The zero-order chi connectivity index (χ0) is 13.4. The molecule has 4 heteroatoms. The first-order valence-electron chi connectivity index (χ1n) is 6.59. The van der Waals surface area contributed by atoms with E-state index in [0.29, 0.717) is 6.61 Å². The average molecular weight is 275 g/mol. The van der Waals surface area contributed by atoms with Crippen molar-refractivity contribution in [2.24, 2.45) is 0 Å². The molecule has 0 bridgehead atoms. The molecule has 0 amide bonds. The van der Waals surface area contributed by atoms with Gasteiger partial charge in [0.1, 0.15) is 4.88 Å². The highest BCUT2D eigenvalue weighted by Gasteiger charge is 2.24. The van der Waals surface area contributed by atoms with Crippen LogP contribution >= 0.6 is 11.3 Å². The second-order valence-corrected chi connectivity index (χ2v) is 5.96. The Morgan fingerprint density at radius 1 is 1.47 bits per heavy atom. The number of carbonyl (C=O) groups is 1. The molecule has 0 saturated heterocycles. The maximum Gasteiger partial charge on any atom is 0.348 e. The van der Waals surface area contributed by atoms with Crippen molar-refractivity contribution in [1.82, 2.24) is 4.90 Å². The van der Waals surface area contributed by atoms with Gasteiger partial charge in [-0.05, 0) is 37.6 Å². The molecule has 1 aromatic heterocycles. The minimum Gasteiger partial charge on any atom is -0.462 e. The van der Waals surface area contributed by atoms with Gasteiger partial charge in [0.05, 0.1) is 6.61 Å². The number of likely N-dealkylation sites (N-methyl/N-ethyl adjacent to an activating group) is 1. The van der Waals surface area contributed by atoms with Crippen LogP contribution in [0.25, 0.3) is 10.1 Å². The van der Waals surface area contributed by atoms with E-state index in [9.17, 15) is 4.79 Å². The highest BCUT2D eigenvalue weighted by atomic mass is 32.1. The molecule has 1 aliphatic rings. The van der Waals surface area contributed by atoms with Crippen LogP contribution in [0.4, 0.5) is 0 Å². The van der Waals surface area contributed by atoms with Crippen LogP contribution in [0.1, 0.15) is 27.7 Å². The standard InChI is InChI=1S/C15H17NO2S/c1-3-18-15(17)14-11-9-16(2)8-7-10-5-4-6-12(19-14)13(10)11/h4-6H,3,7-9H2,1-2H3. The van der Waals surface area contributed by atoms with Gasteiger partial charge < -0.3 is 9.64 Å². The smallest absolute Gasteiger partial charge is 0.348 e. The number of rotatable bonds is 2. The SMILES string of the molecule is CCOC(=O)c1sc2cccc3c2c1CN(C)CC3. The zero-order valence-electron chi connectivity index (χ0n) is 11.2. The predicted octanol–water partition coefficient (Wildman–Crippen LogP) is 3.07. The predicted molar refractivity (Wildman–Crippen MR) is 77.8 cm³/mol. The average Bonchev–Trinajstić information content (AvgIpc) is 2.66. The summed E-state index contributed by atoms with van der Waals surface area (Å²) >= 11 is 1.56. The van der Waals surface area contributed by atoms with E-state index in [0.717, 1.165) is 30.0 Å². The van der Waals surface area contributed by atoms with Crippen molar-refractivity contribution < 1.29 is 9.53 Å². The summed E-state index contributed by atoms with van der Waals surface area (Å²) in [6, 6.07) is 6.35. The van der Waals surface area contributed by atoms with Crippen molar-refractivity contribution in [3.63, 3.8) is 0 Å². The van der Waals surface area contributed by atoms with E-state index in [1.165, 1.54) is 15.6 Å². The third-order valence-corrected chi connectivity index (χ3v) is 4.73. The molecule has 1 aromatic carbocycles. The van der Waals surface area contributed by atoms with Crippen molar-refractivity contribution in [3.8, 4) is 0 Å². The molecule has 0 spiro atoms. The van der Waals surface area contributed by atoms with Gasteiger partial charge in [-0.1, -0.05) is 12.1 Å². The minimum absolute atomic E-state index is 0.181. The number of hydrogen-bond acceptors (Lipinski definition) is 4. The lowest BCUT2D eigenvalue weighted by Crippen LogP contribution is -2.19. The molecule has 0 radical (unpaired) electrons. The van der Waals surface area contributed by atoms with E-state index < -0.39 is 0 Å². The lowest BCUT2D eigenvalue weighted by molar-refractivity contribution is 0.0530. The number of hydrogen-bond donors (Lipinski definition) is 0. The Kier molecular flexibility index (Phi) is 3.29.